The third kappa shape index (κ3) is 4.98. The zero-order valence-electron chi connectivity index (χ0n) is 17.3. The van der Waals surface area contributed by atoms with Crippen molar-refractivity contribution in [2.75, 3.05) is 42.1 Å². The van der Waals surface area contributed by atoms with E-state index in [4.69, 9.17) is 17.3 Å². The van der Waals surface area contributed by atoms with Crippen molar-refractivity contribution in [3.63, 3.8) is 0 Å². The van der Waals surface area contributed by atoms with Crippen LogP contribution in [0.3, 0.4) is 0 Å². The highest BCUT2D eigenvalue weighted by Gasteiger charge is 2.22. The second-order valence-corrected chi connectivity index (χ2v) is 8.19. The van der Waals surface area contributed by atoms with E-state index < -0.39 is 0 Å². The lowest BCUT2D eigenvalue weighted by atomic mass is 10.1. The van der Waals surface area contributed by atoms with Crippen molar-refractivity contribution in [1.82, 2.24) is 15.0 Å². The number of nitrogen functional groups attached to an aromatic ring is 1. The standard InChI is InChI=1S/C22H26ClN7/c1-15-6-7-18(12-16(15)2)25-22-27-20(26-21(24)28-22)14-29-8-10-30(11-9-29)19-5-3-4-17(23)13-19/h3-7,12-13H,8-11,14H2,1-2H3,(H3,24,25,26,27,28)/p+1. The minimum Gasteiger partial charge on any atom is -0.368 e. The smallest absolute Gasteiger partial charge is 0.232 e. The van der Waals surface area contributed by atoms with E-state index in [1.165, 1.54) is 21.7 Å². The molecule has 0 amide bonds. The third-order valence-corrected chi connectivity index (χ3v) is 5.75. The number of hydrogen-bond acceptors (Lipinski definition) is 6. The lowest BCUT2D eigenvalue weighted by Crippen LogP contribution is -3.13. The van der Waals surface area contributed by atoms with Gasteiger partial charge in [0.1, 0.15) is 6.54 Å². The maximum Gasteiger partial charge on any atom is 0.232 e. The average Bonchev–Trinajstić information content (AvgIpc) is 2.71. The van der Waals surface area contributed by atoms with Gasteiger partial charge >= 0.3 is 0 Å². The molecule has 1 saturated heterocycles. The van der Waals surface area contributed by atoms with Crippen molar-refractivity contribution in [2.24, 2.45) is 0 Å². The van der Waals surface area contributed by atoms with Crippen molar-refractivity contribution in [2.45, 2.75) is 20.4 Å². The number of piperazine rings is 1. The number of aromatic nitrogens is 3. The van der Waals surface area contributed by atoms with E-state index in [1.807, 2.05) is 24.3 Å². The molecule has 0 unspecified atom stereocenters. The molecule has 4 N–H and O–H groups in total. The van der Waals surface area contributed by atoms with Gasteiger partial charge in [-0.05, 0) is 55.3 Å². The first-order chi connectivity index (χ1) is 14.5. The van der Waals surface area contributed by atoms with Gasteiger partial charge in [-0.3, -0.25) is 0 Å². The summed E-state index contributed by atoms with van der Waals surface area (Å²) in [6.45, 7) is 8.81. The molecule has 8 heteroatoms. The molecule has 0 atom stereocenters. The molecule has 7 nitrogen and oxygen atoms in total. The van der Waals surface area contributed by atoms with Crippen molar-refractivity contribution in [1.29, 1.82) is 0 Å². The Hall–Kier alpha value is -2.90. The van der Waals surface area contributed by atoms with E-state index in [9.17, 15) is 0 Å². The molecule has 0 spiro atoms. The highest BCUT2D eigenvalue weighted by Crippen LogP contribution is 2.20. The second-order valence-electron chi connectivity index (χ2n) is 7.75. The molecule has 2 aromatic carbocycles. The minimum absolute atomic E-state index is 0.239. The molecule has 0 saturated carbocycles. The summed E-state index contributed by atoms with van der Waals surface area (Å²) >= 11 is 6.13. The maximum absolute atomic E-state index is 6.13. The maximum atomic E-state index is 6.13. The van der Waals surface area contributed by atoms with Gasteiger partial charge in [0.25, 0.3) is 0 Å². The first kappa shape index (κ1) is 20.4. The van der Waals surface area contributed by atoms with Gasteiger partial charge in [0.15, 0.2) is 5.82 Å². The first-order valence-corrected chi connectivity index (χ1v) is 10.5. The Morgan fingerprint density at radius 3 is 2.57 bits per heavy atom. The molecule has 2 heterocycles. The number of quaternary nitrogens is 1. The number of nitrogens with one attached hydrogen (secondary N) is 2. The summed E-state index contributed by atoms with van der Waals surface area (Å²) in [6, 6.07) is 14.2. The lowest BCUT2D eigenvalue weighted by molar-refractivity contribution is -0.915. The molecule has 1 fully saturated rings. The van der Waals surface area contributed by atoms with Crippen molar-refractivity contribution < 1.29 is 4.90 Å². The number of halogens is 1. The summed E-state index contributed by atoms with van der Waals surface area (Å²) in [5.41, 5.74) is 10.5. The number of hydrogen-bond donors (Lipinski definition) is 3. The Bertz CT molecular complexity index is 1030. The molecule has 0 bridgehead atoms. The molecule has 0 radical (unpaired) electrons. The van der Waals surface area contributed by atoms with Crippen LogP contribution in [0.1, 0.15) is 17.0 Å². The predicted molar refractivity (Wildman–Crippen MR) is 122 cm³/mol. The SMILES string of the molecule is Cc1ccc(Nc2nc(N)nc(C[NH+]3CCN(c4cccc(Cl)c4)CC3)n2)cc1C. The van der Waals surface area contributed by atoms with Crippen molar-refractivity contribution in [3.8, 4) is 0 Å². The molecule has 3 aromatic rings. The summed E-state index contributed by atoms with van der Waals surface area (Å²) in [5.74, 6) is 1.43. The van der Waals surface area contributed by atoms with E-state index in [0.717, 1.165) is 43.4 Å². The predicted octanol–water partition coefficient (Wildman–Crippen LogP) is 2.37. The fraction of sp³-hybridized carbons (Fsp3) is 0.318. The van der Waals surface area contributed by atoms with Gasteiger partial charge in [0.2, 0.25) is 11.9 Å². The van der Waals surface area contributed by atoms with Crippen LogP contribution < -0.4 is 20.9 Å². The normalized spacial score (nSPS) is 14.7. The molecule has 1 aliphatic rings. The quantitative estimate of drug-likeness (QED) is 0.583. The Balaban J connectivity index is 1.39. The van der Waals surface area contributed by atoms with E-state index >= 15 is 0 Å². The number of nitrogens with two attached hydrogens (primary N) is 1. The van der Waals surface area contributed by atoms with Crippen LogP contribution in [0.25, 0.3) is 0 Å². The van der Waals surface area contributed by atoms with Gasteiger partial charge in [-0.2, -0.15) is 15.0 Å². The zero-order chi connectivity index (χ0) is 21.1. The molecular weight excluding hydrogens is 398 g/mol. The summed E-state index contributed by atoms with van der Waals surface area (Å²) in [5, 5.41) is 4.02. The topological polar surface area (TPSA) is 84.4 Å². The largest absolute Gasteiger partial charge is 0.368 e. The van der Waals surface area contributed by atoms with Crippen LogP contribution in [0.5, 0.6) is 0 Å². The summed E-state index contributed by atoms with van der Waals surface area (Å²) in [6.07, 6.45) is 0. The van der Waals surface area contributed by atoms with E-state index in [1.54, 1.807) is 0 Å². The molecule has 1 aliphatic heterocycles. The van der Waals surface area contributed by atoms with Crippen LogP contribution in [0, 0.1) is 13.8 Å². The summed E-state index contributed by atoms with van der Waals surface area (Å²) < 4.78 is 0. The highest BCUT2D eigenvalue weighted by molar-refractivity contribution is 6.30. The lowest BCUT2D eigenvalue weighted by Gasteiger charge is -2.33. The van der Waals surface area contributed by atoms with Crippen LogP contribution in [-0.4, -0.2) is 41.1 Å². The average molecular weight is 425 g/mol. The Labute approximate surface area is 181 Å². The van der Waals surface area contributed by atoms with E-state index in [2.05, 4.69) is 57.2 Å². The zero-order valence-corrected chi connectivity index (χ0v) is 18.1. The molecule has 0 aliphatic carbocycles. The van der Waals surface area contributed by atoms with Gasteiger partial charge in [0.05, 0.1) is 26.2 Å². The first-order valence-electron chi connectivity index (χ1n) is 10.1. The van der Waals surface area contributed by atoms with Gasteiger partial charge in [-0.1, -0.05) is 23.7 Å². The summed E-state index contributed by atoms with van der Waals surface area (Å²) in [7, 11) is 0. The molecular formula is C22H27ClN7+. The number of benzene rings is 2. The van der Waals surface area contributed by atoms with Crippen LogP contribution in [0.4, 0.5) is 23.3 Å². The van der Waals surface area contributed by atoms with E-state index in [0.29, 0.717) is 11.8 Å². The summed E-state index contributed by atoms with van der Waals surface area (Å²) in [4.78, 5) is 17.0. The monoisotopic (exact) mass is 424 g/mol. The van der Waals surface area contributed by atoms with Gasteiger partial charge < -0.3 is 20.9 Å². The second kappa shape index (κ2) is 8.85. The van der Waals surface area contributed by atoms with E-state index in [-0.39, 0.29) is 5.95 Å². The number of nitrogens with zero attached hydrogens (tertiary/aromatic N) is 4. The van der Waals surface area contributed by atoms with Crippen LogP contribution in [-0.2, 0) is 6.54 Å². The number of rotatable bonds is 5. The van der Waals surface area contributed by atoms with Gasteiger partial charge in [-0.25, -0.2) is 0 Å². The molecule has 156 valence electrons. The Kier molecular flexibility index (Phi) is 6.01. The number of anilines is 4. The van der Waals surface area contributed by atoms with Gasteiger partial charge in [0, 0.05) is 16.4 Å². The van der Waals surface area contributed by atoms with Crippen LogP contribution in [0.15, 0.2) is 42.5 Å². The molecule has 1 aromatic heterocycles. The fourth-order valence-corrected chi connectivity index (χ4v) is 3.86. The third-order valence-electron chi connectivity index (χ3n) is 5.51. The minimum atomic E-state index is 0.239. The Morgan fingerprint density at radius 1 is 1.03 bits per heavy atom. The number of aryl methyl sites for hydroxylation is 2. The van der Waals surface area contributed by atoms with Crippen LogP contribution >= 0.6 is 11.6 Å². The molecule has 4 rings (SSSR count). The van der Waals surface area contributed by atoms with Crippen LogP contribution in [0.2, 0.25) is 5.02 Å². The van der Waals surface area contributed by atoms with Crippen molar-refractivity contribution >= 4 is 34.9 Å². The van der Waals surface area contributed by atoms with Crippen molar-refractivity contribution in [3.05, 3.63) is 64.4 Å². The highest BCUT2D eigenvalue weighted by atomic mass is 35.5. The fourth-order valence-electron chi connectivity index (χ4n) is 3.68. The van der Waals surface area contributed by atoms with Gasteiger partial charge in [-0.15, -0.1) is 0 Å². The Morgan fingerprint density at radius 2 is 1.83 bits per heavy atom. The molecule has 30 heavy (non-hydrogen) atoms.